The number of hydrogen-bond acceptors (Lipinski definition) is 3. The summed E-state index contributed by atoms with van der Waals surface area (Å²) in [5.74, 6) is 0.478. The molecule has 5 nitrogen and oxygen atoms in total. The average molecular weight is 217 g/mol. The van der Waals surface area contributed by atoms with Gasteiger partial charge < -0.3 is 5.11 Å². The average Bonchev–Trinajstić information content (AvgIpc) is 2.98. The number of pyridine rings is 1. The van der Waals surface area contributed by atoms with Gasteiger partial charge in [0.25, 0.3) is 0 Å². The molecule has 1 saturated carbocycles. The molecule has 0 aliphatic heterocycles. The lowest BCUT2D eigenvalue weighted by Crippen LogP contribution is -2.06. The molecule has 0 amide bonds. The summed E-state index contributed by atoms with van der Waals surface area (Å²) < 4.78 is 1.64. The number of fused-ring (bicyclic) bond motifs is 1. The number of carboxylic acid groups (broad SMARTS) is 1. The molecule has 0 bridgehead atoms. The smallest absolute Gasteiger partial charge is 0.309 e. The molecule has 82 valence electrons. The number of hydrogen-bond donors (Lipinski definition) is 1. The van der Waals surface area contributed by atoms with Crippen LogP contribution in [-0.2, 0) is 11.2 Å². The molecule has 1 aliphatic carbocycles. The Hall–Kier alpha value is -1.91. The summed E-state index contributed by atoms with van der Waals surface area (Å²) in [6, 6.07) is 5.44. The van der Waals surface area contributed by atoms with Crippen molar-refractivity contribution in [3.05, 3.63) is 29.7 Å². The van der Waals surface area contributed by atoms with Gasteiger partial charge in [-0.25, -0.2) is 9.50 Å². The van der Waals surface area contributed by atoms with Gasteiger partial charge in [-0.3, -0.25) is 4.79 Å². The minimum Gasteiger partial charge on any atom is -0.481 e. The highest BCUT2D eigenvalue weighted by Crippen LogP contribution is 2.38. The maximum absolute atomic E-state index is 10.7. The first-order chi connectivity index (χ1) is 7.74. The van der Waals surface area contributed by atoms with Crippen LogP contribution in [0, 0.1) is 0 Å². The zero-order valence-corrected chi connectivity index (χ0v) is 8.63. The van der Waals surface area contributed by atoms with Crippen LogP contribution in [0.25, 0.3) is 5.65 Å². The lowest BCUT2D eigenvalue weighted by molar-refractivity contribution is -0.136. The molecular weight excluding hydrogens is 206 g/mol. The van der Waals surface area contributed by atoms with Gasteiger partial charge in [0.05, 0.1) is 12.1 Å². The predicted octanol–water partition coefficient (Wildman–Crippen LogP) is 1.23. The number of carbonyl (C=O) groups is 1. The van der Waals surface area contributed by atoms with Crippen molar-refractivity contribution in [1.29, 1.82) is 0 Å². The Kier molecular flexibility index (Phi) is 1.92. The summed E-state index contributed by atoms with van der Waals surface area (Å²) in [5, 5.41) is 13.2. The van der Waals surface area contributed by atoms with Gasteiger partial charge in [-0.2, -0.15) is 5.10 Å². The van der Waals surface area contributed by atoms with Gasteiger partial charge in [0.1, 0.15) is 0 Å². The van der Waals surface area contributed by atoms with E-state index in [1.807, 2.05) is 12.1 Å². The second-order valence-electron chi connectivity index (χ2n) is 4.10. The highest BCUT2D eigenvalue weighted by molar-refractivity contribution is 5.69. The number of rotatable bonds is 3. The number of aliphatic carboxylic acids is 1. The van der Waals surface area contributed by atoms with Crippen LogP contribution in [0.15, 0.2) is 18.2 Å². The fourth-order valence-electron chi connectivity index (χ4n) is 1.78. The first-order valence-electron chi connectivity index (χ1n) is 5.30. The van der Waals surface area contributed by atoms with Crippen LogP contribution in [0.3, 0.4) is 0 Å². The minimum atomic E-state index is -0.851. The van der Waals surface area contributed by atoms with Crippen molar-refractivity contribution in [3.63, 3.8) is 0 Å². The molecule has 1 aliphatic rings. The molecule has 0 atom stereocenters. The molecule has 2 aromatic rings. The van der Waals surface area contributed by atoms with Crippen molar-refractivity contribution in [2.75, 3.05) is 0 Å². The van der Waals surface area contributed by atoms with Crippen molar-refractivity contribution in [3.8, 4) is 0 Å². The van der Waals surface area contributed by atoms with Crippen LogP contribution in [0.4, 0.5) is 0 Å². The standard InChI is InChI=1S/C11H11N3O2/c15-10(16)6-8-2-1-3-9-12-11(7-4-5-7)13-14(8)9/h1-3,7H,4-6H2,(H,15,16). The van der Waals surface area contributed by atoms with E-state index in [0.29, 0.717) is 11.6 Å². The van der Waals surface area contributed by atoms with Crippen LogP contribution in [0.1, 0.15) is 30.3 Å². The summed E-state index contributed by atoms with van der Waals surface area (Å²) >= 11 is 0. The van der Waals surface area contributed by atoms with Gasteiger partial charge in [-0.1, -0.05) is 6.07 Å². The largest absolute Gasteiger partial charge is 0.481 e. The highest BCUT2D eigenvalue weighted by atomic mass is 16.4. The lowest BCUT2D eigenvalue weighted by Gasteiger charge is -1.99. The Morgan fingerprint density at radius 1 is 1.50 bits per heavy atom. The number of carboxylic acids is 1. The van der Waals surface area contributed by atoms with Crippen molar-refractivity contribution < 1.29 is 9.90 Å². The van der Waals surface area contributed by atoms with E-state index in [1.165, 1.54) is 0 Å². The predicted molar refractivity (Wildman–Crippen MR) is 56.3 cm³/mol. The zero-order valence-electron chi connectivity index (χ0n) is 8.63. The molecule has 2 aromatic heterocycles. The fraction of sp³-hybridized carbons (Fsp3) is 0.364. The van der Waals surface area contributed by atoms with E-state index in [9.17, 15) is 4.79 Å². The maximum atomic E-state index is 10.7. The Bertz CT molecular complexity index is 557. The highest BCUT2D eigenvalue weighted by Gasteiger charge is 2.28. The summed E-state index contributed by atoms with van der Waals surface area (Å²) in [4.78, 5) is 15.1. The van der Waals surface area contributed by atoms with Crippen LogP contribution in [0.2, 0.25) is 0 Å². The quantitative estimate of drug-likeness (QED) is 0.839. The van der Waals surface area contributed by atoms with Crippen molar-refractivity contribution in [1.82, 2.24) is 14.6 Å². The Morgan fingerprint density at radius 3 is 3.00 bits per heavy atom. The molecule has 0 unspecified atom stereocenters. The fourth-order valence-corrected chi connectivity index (χ4v) is 1.78. The lowest BCUT2D eigenvalue weighted by atomic mass is 10.3. The molecule has 0 aromatic carbocycles. The second kappa shape index (κ2) is 3.30. The van der Waals surface area contributed by atoms with E-state index in [1.54, 1.807) is 10.6 Å². The zero-order chi connectivity index (χ0) is 11.1. The van der Waals surface area contributed by atoms with Crippen LogP contribution >= 0.6 is 0 Å². The van der Waals surface area contributed by atoms with E-state index < -0.39 is 5.97 Å². The van der Waals surface area contributed by atoms with Gasteiger partial charge in [0, 0.05) is 5.92 Å². The summed E-state index contributed by atoms with van der Waals surface area (Å²) in [6.07, 6.45) is 2.26. The minimum absolute atomic E-state index is 0.0230. The molecule has 0 spiro atoms. The van der Waals surface area contributed by atoms with Crippen LogP contribution in [-0.4, -0.2) is 25.7 Å². The van der Waals surface area contributed by atoms with E-state index in [4.69, 9.17) is 5.11 Å². The van der Waals surface area contributed by atoms with Gasteiger partial charge in [0.15, 0.2) is 11.5 Å². The van der Waals surface area contributed by atoms with E-state index >= 15 is 0 Å². The Balaban J connectivity index is 2.09. The molecule has 1 fully saturated rings. The topological polar surface area (TPSA) is 67.5 Å². The third-order valence-corrected chi connectivity index (χ3v) is 2.73. The second-order valence-corrected chi connectivity index (χ2v) is 4.10. The van der Waals surface area contributed by atoms with Crippen molar-refractivity contribution in [2.45, 2.75) is 25.2 Å². The third-order valence-electron chi connectivity index (χ3n) is 2.73. The first-order valence-corrected chi connectivity index (χ1v) is 5.30. The van der Waals surface area contributed by atoms with Gasteiger partial charge in [-0.15, -0.1) is 0 Å². The van der Waals surface area contributed by atoms with E-state index in [0.717, 1.165) is 24.3 Å². The van der Waals surface area contributed by atoms with E-state index in [-0.39, 0.29) is 6.42 Å². The number of aromatic nitrogens is 3. The monoisotopic (exact) mass is 217 g/mol. The molecular formula is C11H11N3O2. The molecule has 1 N–H and O–H groups in total. The Morgan fingerprint density at radius 2 is 2.31 bits per heavy atom. The number of nitrogens with zero attached hydrogens (tertiary/aromatic N) is 3. The van der Waals surface area contributed by atoms with Crippen molar-refractivity contribution >= 4 is 11.6 Å². The first kappa shape index (κ1) is 9.33. The summed E-state index contributed by atoms with van der Waals surface area (Å²) in [7, 11) is 0. The van der Waals surface area contributed by atoms with Gasteiger partial charge in [0.2, 0.25) is 0 Å². The van der Waals surface area contributed by atoms with Crippen molar-refractivity contribution in [2.24, 2.45) is 0 Å². The Labute approximate surface area is 91.7 Å². The molecule has 2 heterocycles. The van der Waals surface area contributed by atoms with Crippen LogP contribution in [0.5, 0.6) is 0 Å². The molecule has 0 radical (unpaired) electrons. The van der Waals surface area contributed by atoms with Crippen LogP contribution < -0.4 is 0 Å². The molecule has 5 heteroatoms. The third kappa shape index (κ3) is 1.54. The molecule has 16 heavy (non-hydrogen) atoms. The van der Waals surface area contributed by atoms with Gasteiger partial charge in [-0.05, 0) is 25.0 Å². The summed E-state index contributed by atoms with van der Waals surface area (Å²) in [5.41, 5.74) is 1.41. The normalized spacial score (nSPS) is 15.5. The SMILES string of the molecule is O=C(O)Cc1cccc2nc(C3CC3)nn12. The molecule has 0 saturated heterocycles. The van der Waals surface area contributed by atoms with Gasteiger partial charge >= 0.3 is 5.97 Å². The van der Waals surface area contributed by atoms with E-state index in [2.05, 4.69) is 10.1 Å². The molecule has 3 rings (SSSR count). The maximum Gasteiger partial charge on any atom is 0.309 e. The summed E-state index contributed by atoms with van der Waals surface area (Å²) in [6.45, 7) is 0.